The summed E-state index contributed by atoms with van der Waals surface area (Å²) in [7, 11) is 0. The maximum absolute atomic E-state index is 13.2. The number of hydrogen-bond acceptors (Lipinski definition) is 7. The molecular formula is C19H26N6OS2. The molecule has 7 nitrogen and oxygen atoms in total. The topological polar surface area (TPSA) is 78.5 Å². The first-order chi connectivity index (χ1) is 13.6. The molecule has 0 spiro atoms. The number of nitrogens with zero attached hydrogens (tertiary/aromatic N) is 6. The Hall–Kier alpha value is -1.74. The van der Waals surface area contributed by atoms with Gasteiger partial charge in [0.1, 0.15) is 4.83 Å². The van der Waals surface area contributed by atoms with E-state index in [1.807, 2.05) is 11.6 Å². The van der Waals surface area contributed by atoms with E-state index in [9.17, 15) is 4.79 Å². The molecule has 3 aromatic heterocycles. The van der Waals surface area contributed by atoms with Gasteiger partial charge in [-0.05, 0) is 54.5 Å². The van der Waals surface area contributed by atoms with Crippen molar-refractivity contribution in [2.24, 2.45) is 5.92 Å². The molecule has 0 aliphatic heterocycles. The quantitative estimate of drug-likeness (QED) is 0.430. The van der Waals surface area contributed by atoms with Crippen LogP contribution in [0.2, 0.25) is 0 Å². The molecule has 3 heterocycles. The minimum atomic E-state index is 0.104. The summed E-state index contributed by atoms with van der Waals surface area (Å²) < 4.78 is 3.66. The lowest BCUT2D eigenvalue weighted by Crippen LogP contribution is -2.23. The first kappa shape index (κ1) is 19.6. The summed E-state index contributed by atoms with van der Waals surface area (Å²) in [6, 6.07) is 0. The van der Waals surface area contributed by atoms with Gasteiger partial charge in [-0.25, -0.2) is 9.67 Å². The molecular weight excluding hydrogens is 392 g/mol. The standard InChI is InChI=1S/C19H26N6OS2/c1-4-6-9-25-15(21-22-23-25)11-27-19-20-17-16(18(26)24(19)5-2)13-8-7-12(3)10-14(13)28-17/h12H,4-11H2,1-3H3/t12-/m0/s1. The Balaban J connectivity index is 1.66. The molecule has 9 heteroatoms. The lowest BCUT2D eigenvalue weighted by molar-refractivity contribution is 0.509. The summed E-state index contributed by atoms with van der Waals surface area (Å²) in [4.78, 5) is 20.4. The van der Waals surface area contributed by atoms with Crippen molar-refractivity contribution in [3.63, 3.8) is 0 Å². The number of aryl methyl sites for hydroxylation is 2. The molecule has 1 atom stereocenters. The van der Waals surface area contributed by atoms with Crippen molar-refractivity contribution in [3.05, 3.63) is 26.6 Å². The van der Waals surface area contributed by atoms with Crippen LogP contribution in [0, 0.1) is 5.92 Å². The van der Waals surface area contributed by atoms with Gasteiger partial charge in [0.15, 0.2) is 11.0 Å². The zero-order valence-corrected chi connectivity index (χ0v) is 18.3. The maximum Gasteiger partial charge on any atom is 0.263 e. The summed E-state index contributed by atoms with van der Waals surface area (Å²) >= 11 is 3.25. The first-order valence-corrected chi connectivity index (χ1v) is 11.9. The van der Waals surface area contributed by atoms with Crippen LogP contribution in [0.4, 0.5) is 0 Å². The van der Waals surface area contributed by atoms with Gasteiger partial charge in [0.05, 0.1) is 11.1 Å². The van der Waals surface area contributed by atoms with Crippen molar-refractivity contribution in [1.82, 2.24) is 29.8 Å². The molecule has 0 radical (unpaired) electrons. The number of tetrazole rings is 1. The summed E-state index contributed by atoms with van der Waals surface area (Å²) in [6.07, 6.45) is 5.36. The fourth-order valence-electron chi connectivity index (χ4n) is 3.73. The Bertz CT molecular complexity index is 1040. The van der Waals surface area contributed by atoms with E-state index in [1.165, 1.54) is 10.4 Å². The number of thiophene rings is 1. The molecule has 3 aromatic rings. The van der Waals surface area contributed by atoms with Crippen LogP contribution >= 0.6 is 23.1 Å². The van der Waals surface area contributed by atoms with Crippen LogP contribution in [-0.2, 0) is 31.7 Å². The molecule has 0 unspecified atom stereocenters. The Kier molecular flexibility index (Phi) is 5.82. The third-order valence-electron chi connectivity index (χ3n) is 5.36. The van der Waals surface area contributed by atoms with E-state index >= 15 is 0 Å². The third kappa shape index (κ3) is 3.61. The lowest BCUT2D eigenvalue weighted by atomic mass is 9.89. The van der Waals surface area contributed by atoms with E-state index in [0.29, 0.717) is 18.2 Å². The normalized spacial score (nSPS) is 16.6. The van der Waals surface area contributed by atoms with E-state index in [4.69, 9.17) is 4.98 Å². The molecule has 1 aliphatic rings. The smallest absolute Gasteiger partial charge is 0.263 e. The van der Waals surface area contributed by atoms with Gasteiger partial charge in [-0.2, -0.15) is 0 Å². The van der Waals surface area contributed by atoms with Crippen LogP contribution < -0.4 is 5.56 Å². The van der Waals surface area contributed by atoms with Crippen LogP contribution in [0.15, 0.2) is 9.95 Å². The van der Waals surface area contributed by atoms with Gasteiger partial charge >= 0.3 is 0 Å². The van der Waals surface area contributed by atoms with Gasteiger partial charge in [0.25, 0.3) is 5.56 Å². The number of hydrogen-bond donors (Lipinski definition) is 0. The Morgan fingerprint density at radius 2 is 2.18 bits per heavy atom. The van der Waals surface area contributed by atoms with Crippen LogP contribution in [0.25, 0.3) is 10.2 Å². The minimum absolute atomic E-state index is 0.104. The van der Waals surface area contributed by atoms with Gasteiger partial charge in [0.2, 0.25) is 0 Å². The lowest BCUT2D eigenvalue weighted by Gasteiger charge is -2.17. The highest BCUT2D eigenvalue weighted by atomic mass is 32.2. The molecule has 28 heavy (non-hydrogen) atoms. The van der Waals surface area contributed by atoms with Gasteiger partial charge in [-0.3, -0.25) is 9.36 Å². The summed E-state index contributed by atoms with van der Waals surface area (Å²) in [5.41, 5.74) is 1.35. The highest BCUT2D eigenvalue weighted by Gasteiger charge is 2.24. The summed E-state index contributed by atoms with van der Waals surface area (Å²) in [5, 5.41) is 13.7. The van der Waals surface area contributed by atoms with E-state index < -0.39 is 0 Å². The molecule has 0 bridgehead atoms. The van der Waals surface area contributed by atoms with E-state index in [0.717, 1.165) is 59.8 Å². The van der Waals surface area contributed by atoms with E-state index in [1.54, 1.807) is 27.7 Å². The van der Waals surface area contributed by atoms with Gasteiger partial charge in [0, 0.05) is 18.0 Å². The van der Waals surface area contributed by atoms with Crippen LogP contribution in [0.3, 0.4) is 0 Å². The van der Waals surface area contributed by atoms with Crippen LogP contribution in [-0.4, -0.2) is 29.8 Å². The second-order valence-electron chi connectivity index (χ2n) is 7.44. The molecule has 0 amide bonds. The molecule has 0 saturated heterocycles. The molecule has 0 saturated carbocycles. The predicted octanol–water partition coefficient (Wildman–Crippen LogP) is 3.68. The average molecular weight is 419 g/mol. The molecule has 0 aromatic carbocycles. The van der Waals surface area contributed by atoms with Crippen molar-refractivity contribution in [2.75, 3.05) is 0 Å². The van der Waals surface area contributed by atoms with Gasteiger partial charge in [-0.15, -0.1) is 16.4 Å². The zero-order valence-electron chi connectivity index (χ0n) is 16.6. The Morgan fingerprint density at radius 1 is 1.32 bits per heavy atom. The van der Waals surface area contributed by atoms with Crippen molar-refractivity contribution >= 4 is 33.3 Å². The van der Waals surface area contributed by atoms with Crippen molar-refractivity contribution in [2.45, 2.75) is 76.9 Å². The van der Waals surface area contributed by atoms with Gasteiger partial charge < -0.3 is 0 Å². The highest BCUT2D eigenvalue weighted by Crippen LogP contribution is 2.36. The van der Waals surface area contributed by atoms with Crippen molar-refractivity contribution < 1.29 is 0 Å². The third-order valence-corrected chi connectivity index (χ3v) is 7.48. The second-order valence-corrected chi connectivity index (χ2v) is 9.46. The minimum Gasteiger partial charge on any atom is -0.287 e. The molecule has 1 aliphatic carbocycles. The molecule has 4 rings (SSSR count). The van der Waals surface area contributed by atoms with Crippen LogP contribution in [0.5, 0.6) is 0 Å². The SMILES string of the molecule is CCCCn1nnnc1CSc1nc2sc3c(c2c(=O)n1CC)CC[C@H](C)C3. The van der Waals surface area contributed by atoms with E-state index in [2.05, 4.69) is 29.4 Å². The first-order valence-electron chi connectivity index (χ1n) is 10.0. The fraction of sp³-hybridized carbons (Fsp3) is 0.632. The van der Waals surface area contributed by atoms with Crippen LogP contribution in [0.1, 0.15) is 56.3 Å². The molecule has 0 N–H and O–H groups in total. The number of fused-ring (bicyclic) bond motifs is 3. The fourth-order valence-corrected chi connectivity index (χ4v) is 6.15. The largest absolute Gasteiger partial charge is 0.287 e. The molecule has 0 fully saturated rings. The summed E-state index contributed by atoms with van der Waals surface area (Å²) in [6.45, 7) is 7.88. The second kappa shape index (κ2) is 8.32. The van der Waals surface area contributed by atoms with Crippen molar-refractivity contribution in [3.8, 4) is 0 Å². The number of thioether (sulfide) groups is 1. The predicted molar refractivity (Wildman–Crippen MR) is 113 cm³/mol. The van der Waals surface area contributed by atoms with Crippen molar-refractivity contribution in [1.29, 1.82) is 0 Å². The maximum atomic E-state index is 13.2. The number of aromatic nitrogens is 6. The average Bonchev–Trinajstić information content (AvgIpc) is 3.27. The molecule has 150 valence electrons. The number of unbranched alkanes of at least 4 members (excludes halogenated alkanes) is 1. The number of rotatable bonds is 7. The highest BCUT2D eigenvalue weighted by molar-refractivity contribution is 7.98. The Morgan fingerprint density at radius 3 is 2.96 bits per heavy atom. The summed E-state index contributed by atoms with van der Waals surface area (Å²) in [5.74, 6) is 2.12. The zero-order chi connectivity index (χ0) is 19.7. The monoisotopic (exact) mass is 418 g/mol. The van der Waals surface area contributed by atoms with E-state index in [-0.39, 0.29) is 5.56 Å². The Labute approximate surface area is 172 Å². The van der Waals surface area contributed by atoms with Gasteiger partial charge in [-0.1, -0.05) is 32.0 Å².